The van der Waals surface area contributed by atoms with Gasteiger partial charge < -0.3 is 5.11 Å². The maximum absolute atomic E-state index is 10.6. The van der Waals surface area contributed by atoms with Gasteiger partial charge in [-0.25, -0.2) is 0 Å². The third-order valence-electron chi connectivity index (χ3n) is 3.21. The van der Waals surface area contributed by atoms with E-state index in [2.05, 4.69) is 55.5 Å². The van der Waals surface area contributed by atoms with Crippen molar-refractivity contribution in [3.05, 3.63) is 67.8 Å². The Morgan fingerprint density at radius 1 is 1.00 bits per heavy atom. The van der Waals surface area contributed by atoms with E-state index in [1.807, 2.05) is 24.3 Å². The number of aliphatic hydroxyl groups is 1. The second-order valence-electron chi connectivity index (χ2n) is 4.74. The van der Waals surface area contributed by atoms with E-state index in [0.29, 0.717) is 0 Å². The molecule has 2 rings (SSSR count). The summed E-state index contributed by atoms with van der Waals surface area (Å²) in [6, 6.07) is 12.2. The van der Waals surface area contributed by atoms with Crippen LogP contribution in [0.1, 0.15) is 33.9 Å². The molecular formula is C16H17IO. The van der Waals surface area contributed by atoms with Gasteiger partial charge in [0.2, 0.25) is 0 Å². The maximum atomic E-state index is 10.6. The van der Waals surface area contributed by atoms with Crippen molar-refractivity contribution in [3.8, 4) is 0 Å². The normalized spacial score (nSPS) is 12.5. The number of benzene rings is 2. The lowest BCUT2D eigenvalue weighted by molar-refractivity contribution is 0.218. The fourth-order valence-electron chi connectivity index (χ4n) is 2.47. The zero-order valence-corrected chi connectivity index (χ0v) is 13.0. The standard InChI is InChI=1S/C16H17IO/c1-10-8-11(2)15(12(3)9-10)16(18)13-6-4-5-7-14(13)17/h4-9,16,18H,1-3H3. The highest BCUT2D eigenvalue weighted by Crippen LogP contribution is 2.31. The van der Waals surface area contributed by atoms with Crippen LogP contribution < -0.4 is 0 Å². The molecule has 0 aliphatic carbocycles. The van der Waals surface area contributed by atoms with Crippen molar-refractivity contribution in [3.63, 3.8) is 0 Å². The summed E-state index contributed by atoms with van der Waals surface area (Å²) in [6.07, 6.45) is -0.543. The van der Waals surface area contributed by atoms with Gasteiger partial charge >= 0.3 is 0 Å². The fraction of sp³-hybridized carbons (Fsp3) is 0.250. The van der Waals surface area contributed by atoms with Crippen molar-refractivity contribution in [2.75, 3.05) is 0 Å². The first kappa shape index (κ1) is 13.6. The Kier molecular flexibility index (Phi) is 4.07. The Bertz CT molecular complexity index is 552. The second kappa shape index (κ2) is 5.41. The Morgan fingerprint density at radius 3 is 2.11 bits per heavy atom. The Balaban J connectivity index is 2.53. The number of aryl methyl sites for hydroxylation is 3. The molecule has 2 aromatic rings. The van der Waals surface area contributed by atoms with Crippen LogP contribution in [0.15, 0.2) is 36.4 Å². The molecule has 2 aromatic carbocycles. The van der Waals surface area contributed by atoms with Gasteiger partial charge in [-0.05, 0) is 71.7 Å². The molecule has 0 aliphatic rings. The minimum atomic E-state index is -0.543. The molecule has 0 fully saturated rings. The number of hydrogen-bond acceptors (Lipinski definition) is 1. The van der Waals surface area contributed by atoms with Crippen LogP contribution >= 0.6 is 22.6 Å². The van der Waals surface area contributed by atoms with Crippen LogP contribution in [0.3, 0.4) is 0 Å². The Morgan fingerprint density at radius 2 is 1.56 bits per heavy atom. The van der Waals surface area contributed by atoms with Crippen molar-refractivity contribution >= 4 is 22.6 Å². The molecule has 94 valence electrons. The van der Waals surface area contributed by atoms with E-state index in [9.17, 15) is 5.11 Å². The zero-order valence-electron chi connectivity index (χ0n) is 10.9. The highest BCUT2D eigenvalue weighted by Gasteiger charge is 2.17. The molecule has 0 bridgehead atoms. The van der Waals surface area contributed by atoms with Crippen LogP contribution in [-0.4, -0.2) is 5.11 Å². The van der Waals surface area contributed by atoms with Gasteiger partial charge in [0.15, 0.2) is 0 Å². The first-order valence-corrected chi connectivity index (χ1v) is 7.09. The van der Waals surface area contributed by atoms with Gasteiger partial charge in [-0.15, -0.1) is 0 Å². The van der Waals surface area contributed by atoms with Crippen LogP contribution in [0.2, 0.25) is 0 Å². The van der Waals surface area contributed by atoms with Gasteiger partial charge in [0.05, 0.1) is 0 Å². The van der Waals surface area contributed by atoms with Crippen molar-refractivity contribution < 1.29 is 5.11 Å². The minimum absolute atomic E-state index is 0.543. The van der Waals surface area contributed by atoms with Gasteiger partial charge in [-0.2, -0.15) is 0 Å². The predicted octanol–water partition coefficient (Wildman–Crippen LogP) is 4.30. The molecule has 0 spiro atoms. The number of aliphatic hydroxyl groups excluding tert-OH is 1. The van der Waals surface area contributed by atoms with Crippen molar-refractivity contribution in [1.29, 1.82) is 0 Å². The number of rotatable bonds is 2. The van der Waals surface area contributed by atoms with E-state index in [4.69, 9.17) is 0 Å². The van der Waals surface area contributed by atoms with Gasteiger partial charge in [-0.1, -0.05) is 35.9 Å². The molecule has 1 N–H and O–H groups in total. The van der Waals surface area contributed by atoms with Gasteiger partial charge in [0.1, 0.15) is 6.10 Å². The molecule has 18 heavy (non-hydrogen) atoms. The van der Waals surface area contributed by atoms with Gasteiger partial charge in [0, 0.05) is 3.57 Å². The minimum Gasteiger partial charge on any atom is -0.384 e. The van der Waals surface area contributed by atoms with Crippen LogP contribution in [0.4, 0.5) is 0 Å². The predicted molar refractivity (Wildman–Crippen MR) is 83.9 cm³/mol. The van der Waals surface area contributed by atoms with Crippen LogP contribution in [0.25, 0.3) is 0 Å². The lowest BCUT2D eigenvalue weighted by Gasteiger charge is -2.19. The molecule has 1 nitrogen and oxygen atoms in total. The number of halogens is 1. The molecule has 2 heteroatoms. The summed E-state index contributed by atoms with van der Waals surface area (Å²) >= 11 is 2.27. The summed E-state index contributed by atoms with van der Waals surface area (Å²) in [5.74, 6) is 0. The molecule has 0 amide bonds. The number of hydrogen-bond donors (Lipinski definition) is 1. The fourth-order valence-corrected chi connectivity index (χ4v) is 3.16. The summed E-state index contributed by atoms with van der Waals surface area (Å²) < 4.78 is 1.10. The van der Waals surface area contributed by atoms with E-state index in [1.165, 1.54) is 5.56 Å². The molecule has 0 saturated carbocycles. The molecule has 0 aromatic heterocycles. The van der Waals surface area contributed by atoms with Crippen LogP contribution in [0.5, 0.6) is 0 Å². The molecule has 1 atom stereocenters. The van der Waals surface area contributed by atoms with Gasteiger partial charge in [0.25, 0.3) is 0 Å². The second-order valence-corrected chi connectivity index (χ2v) is 5.90. The Labute approximate surface area is 122 Å². The van der Waals surface area contributed by atoms with E-state index in [0.717, 1.165) is 25.8 Å². The third-order valence-corrected chi connectivity index (χ3v) is 4.19. The van der Waals surface area contributed by atoms with Crippen molar-refractivity contribution in [2.24, 2.45) is 0 Å². The highest BCUT2D eigenvalue weighted by atomic mass is 127. The average Bonchev–Trinajstić information content (AvgIpc) is 2.27. The lowest BCUT2D eigenvalue weighted by atomic mass is 9.92. The van der Waals surface area contributed by atoms with Gasteiger partial charge in [-0.3, -0.25) is 0 Å². The highest BCUT2D eigenvalue weighted by molar-refractivity contribution is 14.1. The smallest absolute Gasteiger partial charge is 0.106 e. The first-order chi connectivity index (χ1) is 8.50. The summed E-state index contributed by atoms with van der Waals surface area (Å²) in [5.41, 5.74) is 5.56. The monoisotopic (exact) mass is 352 g/mol. The first-order valence-electron chi connectivity index (χ1n) is 6.01. The summed E-state index contributed by atoms with van der Waals surface area (Å²) in [6.45, 7) is 6.21. The quantitative estimate of drug-likeness (QED) is 0.799. The molecule has 1 unspecified atom stereocenters. The maximum Gasteiger partial charge on any atom is 0.106 e. The summed E-state index contributed by atoms with van der Waals surface area (Å²) in [7, 11) is 0. The Hall–Kier alpha value is -0.870. The topological polar surface area (TPSA) is 20.2 Å². The lowest BCUT2D eigenvalue weighted by Crippen LogP contribution is -2.06. The van der Waals surface area contributed by atoms with Crippen LogP contribution in [-0.2, 0) is 0 Å². The molecular weight excluding hydrogens is 335 g/mol. The van der Waals surface area contributed by atoms with Crippen molar-refractivity contribution in [1.82, 2.24) is 0 Å². The molecule has 0 saturated heterocycles. The largest absolute Gasteiger partial charge is 0.384 e. The van der Waals surface area contributed by atoms with E-state index >= 15 is 0 Å². The van der Waals surface area contributed by atoms with Crippen LogP contribution in [0, 0.1) is 24.3 Å². The average molecular weight is 352 g/mol. The summed E-state index contributed by atoms with van der Waals surface area (Å²) in [4.78, 5) is 0. The molecule has 0 radical (unpaired) electrons. The zero-order chi connectivity index (χ0) is 13.3. The van der Waals surface area contributed by atoms with E-state index in [1.54, 1.807) is 0 Å². The third kappa shape index (κ3) is 2.59. The van der Waals surface area contributed by atoms with E-state index in [-0.39, 0.29) is 0 Å². The SMILES string of the molecule is Cc1cc(C)c(C(O)c2ccccc2I)c(C)c1. The molecule has 0 heterocycles. The summed E-state index contributed by atoms with van der Waals surface area (Å²) in [5, 5.41) is 10.6. The molecule has 0 aliphatic heterocycles. The van der Waals surface area contributed by atoms with Crippen molar-refractivity contribution in [2.45, 2.75) is 26.9 Å². The van der Waals surface area contributed by atoms with E-state index < -0.39 is 6.10 Å².